The highest BCUT2D eigenvalue weighted by molar-refractivity contribution is 7.38. The van der Waals surface area contributed by atoms with Crippen molar-refractivity contribution in [1.82, 2.24) is 0 Å². The second-order valence-electron chi connectivity index (χ2n) is 2.08. The Bertz CT molecular complexity index is 137. The zero-order valence-corrected chi connectivity index (χ0v) is 7.19. The maximum Gasteiger partial charge on any atom is 0.191 e. The molecule has 0 aromatic heterocycles. The van der Waals surface area contributed by atoms with E-state index in [1.165, 1.54) is 0 Å². The lowest BCUT2D eigenvalue weighted by Crippen LogP contribution is -2.17. The van der Waals surface area contributed by atoms with E-state index in [0.29, 0.717) is 6.61 Å². The molecule has 0 bridgehead atoms. The summed E-state index contributed by atoms with van der Waals surface area (Å²) in [7, 11) is -2.58. The Kier molecular flexibility index (Phi) is 6.46. The Hall–Kier alpha value is -0.150. The van der Waals surface area contributed by atoms with Gasteiger partial charge in [0, 0.05) is 0 Å². The number of hydrogen-bond acceptors (Lipinski definition) is 3. The van der Waals surface area contributed by atoms with Crippen LogP contribution in [0.15, 0.2) is 12.7 Å². The van der Waals surface area contributed by atoms with Gasteiger partial charge in [-0.05, 0) is 0 Å². The summed E-state index contributed by atoms with van der Waals surface area (Å²) in [6, 6.07) is 0. The number of aliphatic hydroxyl groups excluding tert-OH is 1. The van der Waals surface area contributed by atoms with Crippen LogP contribution in [0.4, 0.5) is 0 Å². The molecule has 0 amide bonds. The van der Waals surface area contributed by atoms with E-state index in [-0.39, 0.29) is 12.8 Å². The molecule has 0 aliphatic carbocycles. The minimum absolute atomic E-state index is 0.0863. The molecule has 0 aromatic carbocycles. The predicted octanol–water partition coefficient (Wildman–Crippen LogP) is 0.0169. The maximum atomic E-state index is 10.2. The largest absolute Gasteiger partial charge is 0.390 e. The normalized spacial score (nSPS) is 15.8. The van der Waals surface area contributed by atoms with Crippen LogP contribution in [0.1, 0.15) is 0 Å². The first-order valence-corrected chi connectivity index (χ1v) is 4.81. The van der Waals surface area contributed by atoms with Crippen LogP contribution in [0.3, 0.4) is 0 Å². The van der Waals surface area contributed by atoms with Crippen molar-refractivity contribution >= 4 is 8.03 Å². The van der Waals surface area contributed by atoms with E-state index in [4.69, 9.17) is 14.7 Å². The molecule has 4 nitrogen and oxygen atoms in total. The lowest BCUT2D eigenvalue weighted by molar-refractivity contribution is 0.0609. The highest BCUT2D eigenvalue weighted by Gasteiger charge is 2.06. The van der Waals surface area contributed by atoms with Crippen LogP contribution in [-0.4, -0.2) is 35.5 Å². The highest BCUT2D eigenvalue weighted by atomic mass is 31.1. The second-order valence-corrected chi connectivity index (χ2v) is 3.27. The maximum absolute atomic E-state index is 10.2. The predicted molar refractivity (Wildman–Crippen MR) is 43.1 cm³/mol. The van der Waals surface area contributed by atoms with E-state index in [0.717, 1.165) is 0 Å². The monoisotopic (exact) mass is 180 g/mol. The van der Waals surface area contributed by atoms with Crippen molar-refractivity contribution in [2.24, 2.45) is 0 Å². The molecule has 0 aliphatic heterocycles. The average Bonchev–Trinajstić information content (AvgIpc) is 1.86. The van der Waals surface area contributed by atoms with Gasteiger partial charge in [0.1, 0.15) is 0 Å². The summed E-state index contributed by atoms with van der Waals surface area (Å²) in [4.78, 5) is 8.39. The quantitative estimate of drug-likeness (QED) is 0.343. The van der Waals surface area contributed by atoms with Crippen LogP contribution < -0.4 is 0 Å². The summed E-state index contributed by atoms with van der Waals surface area (Å²) in [5.41, 5.74) is 0. The van der Waals surface area contributed by atoms with E-state index < -0.39 is 14.1 Å². The van der Waals surface area contributed by atoms with Gasteiger partial charge in [-0.2, -0.15) is 0 Å². The van der Waals surface area contributed by atoms with E-state index >= 15 is 0 Å². The zero-order chi connectivity index (χ0) is 8.69. The molecule has 0 aliphatic rings. The van der Waals surface area contributed by atoms with Crippen LogP contribution in [0.2, 0.25) is 0 Å². The summed E-state index contributed by atoms with van der Waals surface area (Å²) >= 11 is 0. The van der Waals surface area contributed by atoms with Gasteiger partial charge >= 0.3 is 0 Å². The Morgan fingerprint density at radius 3 is 2.82 bits per heavy atom. The highest BCUT2D eigenvalue weighted by Crippen LogP contribution is 2.13. The zero-order valence-electron chi connectivity index (χ0n) is 6.19. The third-order valence-corrected chi connectivity index (χ3v) is 1.78. The second kappa shape index (κ2) is 6.55. The summed E-state index contributed by atoms with van der Waals surface area (Å²) < 4.78 is 15.0. The molecule has 0 fully saturated rings. The first-order chi connectivity index (χ1) is 5.16. The minimum Gasteiger partial charge on any atom is -0.390 e. The molecular weight excluding hydrogens is 167 g/mol. The average molecular weight is 180 g/mol. The number of hydrogen-bond donors (Lipinski definition) is 2. The fourth-order valence-corrected chi connectivity index (χ4v) is 1.07. The first-order valence-electron chi connectivity index (χ1n) is 3.25. The first kappa shape index (κ1) is 10.8. The van der Waals surface area contributed by atoms with Gasteiger partial charge in [-0.25, -0.2) is 0 Å². The molecule has 0 spiro atoms. The Balaban J connectivity index is 3.28. The van der Waals surface area contributed by atoms with Crippen molar-refractivity contribution in [3.05, 3.63) is 12.7 Å². The van der Waals surface area contributed by atoms with Crippen LogP contribution in [0, 0.1) is 0 Å². The number of rotatable bonds is 6. The summed E-state index contributed by atoms with van der Waals surface area (Å²) in [5, 5.41) is 8.95. The molecule has 2 unspecified atom stereocenters. The molecule has 0 rings (SSSR count). The molecule has 5 heteroatoms. The molecule has 0 radical (unpaired) electrons. The van der Waals surface area contributed by atoms with Crippen molar-refractivity contribution < 1.29 is 19.3 Å². The van der Waals surface area contributed by atoms with Gasteiger partial charge in [-0.15, -0.1) is 6.58 Å². The topological polar surface area (TPSA) is 66.8 Å². The molecule has 0 saturated carbocycles. The van der Waals surface area contributed by atoms with E-state index in [1.807, 2.05) is 0 Å². The standard InChI is InChI=1S/C6H13O4P/c1-2-3-10-4-6(7)5-11(8)9/h2,6-7,11H,1,3-5H2,(H,8,9). The Morgan fingerprint density at radius 2 is 2.36 bits per heavy atom. The SMILES string of the molecule is C=CCOCC(O)C[PH](=O)O. The van der Waals surface area contributed by atoms with Crippen LogP contribution in [0.5, 0.6) is 0 Å². The fraction of sp³-hybridized carbons (Fsp3) is 0.667. The van der Waals surface area contributed by atoms with Crippen LogP contribution in [0.25, 0.3) is 0 Å². The number of aliphatic hydroxyl groups is 1. The Morgan fingerprint density at radius 1 is 1.73 bits per heavy atom. The van der Waals surface area contributed by atoms with E-state index in [2.05, 4.69) is 6.58 Å². The van der Waals surface area contributed by atoms with E-state index in [9.17, 15) is 4.57 Å². The van der Waals surface area contributed by atoms with Gasteiger partial charge < -0.3 is 14.7 Å². The van der Waals surface area contributed by atoms with Gasteiger partial charge in [0.25, 0.3) is 0 Å². The van der Waals surface area contributed by atoms with Crippen molar-refractivity contribution in [3.63, 3.8) is 0 Å². The molecule has 0 saturated heterocycles. The summed E-state index contributed by atoms with van der Waals surface area (Å²) in [6.45, 7) is 3.84. The molecule has 66 valence electrons. The summed E-state index contributed by atoms with van der Waals surface area (Å²) in [6.07, 6.45) is 0.614. The third-order valence-electron chi connectivity index (χ3n) is 0.956. The lowest BCUT2D eigenvalue weighted by atomic mass is 10.4. The fourth-order valence-electron chi connectivity index (χ4n) is 0.548. The van der Waals surface area contributed by atoms with Gasteiger partial charge in [0.05, 0.1) is 25.5 Å². The molecule has 2 N–H and O–H groups in total. The van der Waals surface area contributed by atoms with Gasteiger partial charge in [-0.1, -0.05) is 6.08 Å². The van der Waals surface area contributed by atoms with Crippen molar-refractivity contribution in [2.45, 2.75) is 6.10 Å². The van der Waals surface area contributed by atoms with Gasteiger partial charge in [-0.3, -0.25) is 4.57 Å². The van der Waals surface area contributed by atoms with Crippen molar-refractivity contribution in [3.8, 4) is 0 Å². The molecule has 11 heavy (non-hydrogen) atoms. The van der Waals surface area contributed by atoms with Gasteiger partial charge in [0.2, 0.25) is 0 Å². The van der Waals surface area contributed by atoms with Crippen molar-refractivity contribution in [2.75, 3.05) is 19.4 Å². The summed E-state index contributed by atoms with van der Waals surface area (Å²) in [5.74, 6) is 0. The molecule has 0 heterocycles. The lowest BCUT2D eigenvalue weighted by Gasteiger charge is -2.07. The molecule has 2 atom stereocenters. The smallest absolute Gasteiger partial charge is 0.191 e. The van der Waals surface area contributed by atoms with Crippen molar-refractivity contribution in [1.29, 1.82) is 0 Å². The third kappa shape index (κ3) is 7.75. The van der Waals surface area contributed by atoms with Crippen LogP contribution >= 0.6 is 8.03 Å². The Labute approximate surface area is 66.4 Å². The van der Waals surface area contributed by atoms with E-state index in [1.54, 1.807) is 6.08 Å². The van der Waals surface area contributed by atoms with Gasteiger partial charge in [0.15, 0.2) is 8.03 Å². The molecular formula is C6H13O4P. The minimum atomic E-state index is -2.58. The number of ether oxygens (including phenoxy) is 1. The molecule has 0 aromatic rings. The van der Waals surface area contributed by atoms with Crippen LogP contribution in [-0.2, 0) is 9.30 Å².